The van der Waals surface area contributed by atoms with Gasteiger partial charge in [0.2, 0.25) is 0 Å². The minimum atomic E-state index is -0.133. The molecule has 1 aromatic rings. The molecule has 1 fully saturated rings. The number of nitrogens with zero attached hydrogens (tertiary/aromatic N) is 1. The van der Waals surface area contributed by atoms with E-state index in [1.165, 1.54) is 12.8 Å². The Morgan fingerprint density at radius 2 is 2.05 bits per heavy atom. The minimum Gasteiger partial charge on any atom is -0.311 e. The Labute approximate surface area is 129 Å². The fourth-order valence-corrected chi connectivity index (χ4v) is 3.75. The summed E-state index contributed by atoms with van der Waals surface area (Å²) in [4.78, 5) is 2.51. The van der Waals surface area contributed by atoms with E-state index in [4.69, 9.17) is 0 Å². The molecule has 112 valence electrons. The van der Waals surface area contributed by atoms with Gasteiger partial charge in [-0.3, -0.25) is 4.90 Å². The molecule has 1 N–H and O–H groups in total. The SMILES string of the molecule is CCC(C)(C(NC)c1cc(Br)ccc1F)N1CCCC1. The molecular formula is C16H24BrFN2. The second-order valence-electron chi connectivity index (χ2n) is 5.79. The van der Waals surface area contributed by atoms with Gasteiger partial charge in [0.15, 0.2) is 0 Å². The number of likely N-dealkylation sites (N-methyl/N-ethyl adjacent to an activating group) is 1. The Hall–Kier alpha value is -0.450. The smallest absolute Gasteiger partial charge is 0.128 e. The highest BCUT2D eigenvalue weighted by atomic mass is 79.9. The molecular weight excluding hydrogens is 319 g/mol. The Kier molecular flexibility index (Phi) is 5.21. The molecule has 0 aliphatic carbocycles. The number of rotatable bonds is 5. The van der Waals surface area contributed by atoms with Crippen LogP contribution < -0.4 is 5.32 Å². The molecule has 20 heavy (non-hydrogen) atoms. The zero-order valence-corrected chi connectivity index (χ0v) is 14.1. The molecule has 1 aliphatic heterocycles. The highest BCUT2D eigenvalue weighted by molar-refractivity contribution is 9.10. The summed E-state index contributed by atoms with van der Waals surface area (Å²) in [5, 5.41) is 3.35. The Morgan fingerprint density at radius 1 is 1.40 bits per heavy atom. The largest absolute Gasteiger partial charge is 0.311 e. The molecule has 1 aliphatic rings. The van der Waals surface area contributed by atoms with E-state index in [9.17, 15) is 4.39 Å². The number of likely N-dealkylation sites (tertiary alicyclic amines) is 1. The van der Waals surface area contributed by atoms with Gasteiger partial charge in [0.1, 0.15) is 5.82 Å². The van der Waals surface area contributed by atoms with E-state index >= 15 is 0 Å². The summed E-state index contributed by atoms with van der Waals surface area (Å²) >= 11 is 3.46. The van der Waals surface area contributed by atoms with Gasteiger partial charge in [0.25, 0.3) is 0 Å². The van der Waals surface area contributed by atoms with Crippen molar-refractivity contribution in [2.45, 2.75) is 44.7 Å². The minimum absolute atomic E-state index is 0.0110. The van der Waals surface area contributed by atoms with Gasteiger partial charge in [-0.25, -0.2) is 4.39 Å². The van der Waals surface area contributed by atoms with Gasteiger partial charge >= 0.3 is 0 Å². The molecule has 1 saturated heterocycles. The lowest BCUT2D eigenvalue weighted by atomic mass is 9.83. The van der Waals surface area contributed by atoms with Crippen LogP contribution in [0.3, 0.4) is 0 Å². The van der Waals surface area contributed by atoms with Crippen molar-refractivity contribution in [1.29, 1.82) is 0 Å². The van der Waals surface area contributed by atoms with Crippen molar-refractivity contribution in [2.75, 3.05) is 20.1 Å². The van der Waals surface area contributed by atoms with Crippen molar-refractivity contribution in [3.05, 3.63) is 34.1 Å². The molecule has 2 unspecified atom stereocenters. The summed E-state index contributed by atoms with van der Waals surface area (Å²) in [6.07, 6.45) is 3.48. The number of hydrogen-bond donors (Lipinski definition) is 1. The fourth-order valence-electron chi connectivity index (χ4n) is 3.38. The maximum absolute atomic E-state index is 14.3. The second kappa shape index (κ2) is 6.54. The van der Waals surface area contributed by atoms with Crippen LogP contribution in [0.2, 0.25) is 0 Å². The maximum Gasteiger partial charge on any atom is 0.128 e. The Balaban J connectivity index is 2.40. The van der Waals surface area contributed by atoms with Gasteiger partial charge in [-0.1, -0.05) is 22.9 Å². The quantitative estimate of drug-likeness (QED) is 0.865. The van der Waals surface area contributed by atoms with Crippen LogP contribution in [0, 0.1) is 5.82 Å². The first kappa shape index (κ1) is 15.9. The van der Waals surface area contributed by atoms with Crippen molar-refractivity contribution in [1.82, 2.24) is 10.2 Å². The Bertz CT molecular complexity index is 460. The van der Waals surface area contributed by atoms with Crippen LogP contribution in [0.5, 0.6) is 0 Å². The molecule has 0 radical (unpaired) electrons. The third kappa shape index (κ3) is 2.92. The van der Waals surface area contributed by atoms with Crippen LogP contribution in [-0.4, -0.2) is 30.6 Å². The van der Waals surface area contributed by atoms with Crippen molar-refractivity contribution in [3.63, 3.8) is 0 Å². The average Bonchev–Trinajstić information content (AvgIpc) is 2.97. The first-order valence-corrected chi connectivity index (χ1v) is 8.19. The lowest BCUT2D eigenvalue weighted by Crippen LogP contribution is -2.52. The fraction of sp³-hybridized carbons (Fsp3) is 0.625. The van der Waals surface area contributed by atoms with E-state index in [1.54, 1.807) is 12.1 Å². The standard InChI is InChI=1S/C16H24BrFN2/c1-4-16(2,20-9-5-6-10-20)15(19-3)13-11-12(17)7-8-14(13)18/h7-8,11,15,19H,4-6,9-10H2,1-3H3. The summed E-state index contributed by atoms with van der Waals surface area (Å²) in [6, 6.07) is 5.19. The maximum atomic E-state index is 14.3. The third-order valence-corrected chi connectivity index (χ3v) is 5.22. The summed E-state index contributed by atoms with van der Waals surface area (Å²) in [6.45, 7) is 6.66. The van der Waals surface area contributed by atoms with E-state index in [0.717, 1.165) is 29.5 Å². The normalized spacial score (nSPS) is 20.9. The molecule has 2 atom stereocenters. The highest BCUT2D eigenvalue weighted by Gasteiger charge is 2.40. The molecule has 2 nitrogen and oxygen atoms in total. The predicted octanol–water partition coefficient (Wildman–Crippen LogP) is 4.11. The van der Waals surface area contributed by atoms with Gasteiger partial charge in [-0.15, -0.1) is 0 Å². The number of nitrogens with one attached hydrogen (secondary N) is 1. The molecule has 0 saturated carbocycles. The highest BCUT2D eigenvalue weighted by Crippen LogP contribution is 2.37. The summed E-state index contributed by atoms with van der Waals surface area (Å²) < 4.78 is 15.2. The van der Waals surface area contributed by atoms with E-state index in [1.807, 2.05) is 13.1 Å². The van der Waals surface area contributed by atoms with E-state index in [2.05, 4.69) is 40.0 Å². The van der Waals surface area contributed by atoms with E-state index in [0.29, 0.717) is 0 Å². The number of halogens is 2. The molecule has 1 heterocycles. The summed E-state index contributed by atoms with van der Waals surface area (Å²) in [5.74, 6) is -0.133. The second-order valence-corrected chi connectivity index (χ2v) is 6.71. The Morgan fingerprint density at radius 3 is 2.60 bits per heavy atom. The van der Waals surface area contributed by atoms with Crippen LogP contribution >= 0.6 is 15.9 Å². The van der Waals surface area contributed by atoms with Crippen molar-refractivity contribution >= 4 is 15.9 Å². The lowest BCUT2D eigenvalue weighted by molar-refractivity contribution is 0.0857. The lowest BCUT2D eigenvalue weighted by Gasteiger charge is -2.44. The van der Waals surface area contributed by atoms with Gasteiger partial charge in [-0.2, -0.15) is 0 Å². The molecule has 1 aromatic carbocycles. The van der Waals surface area contributed by atoms with E-state index < -0.39 is 0 Å². The molecule has 4 heteroatoms. The van der Waals surface area contributed by atoms with Crippen molar-refractivity contribution in [2.24, 2.45) is 0 Å². The molecule has 0 amide bonds. The van der Waals surface area contributed by atoms with Crippen LogP contribution in [0.25, 0.3) is 0 Å². The molecule has 0 bridgehead atoms. The van der Waals surface area contributed by atoms with Crippen LogP contribution in [0.1, 0.15) is 44.7 Å². The van der Waals surface area contributed by atoms with Crippen molar-refractivity contribution < 1.29 is 4.39 Å². The van der Waals surface area contributed by atoms with Crippen molar-refractivity contribution in [3.8, 4) is 0 Å². The van der Waals surface area contributed by atoms with Crippen LogP contribution in [0.15, 0.2) is 22.7 Å². The third-order valence-electron chi connectivity index (χ3n) is 4.72. The number of hydrogen-bond acceptors (Lipinski definition) is 2. The van der Waals surface area contributed by atoms with Gasteiger partial charge in [0.05, 0.1) is 6.04 Å². The first-order chi connectivity index (χ1) is 9.52. The zero-order valence-electron chi connectivity index (χ0n) is 12.5. The average molecular weight is 343 g/mol. The van der Waals surface area contributed by atoms with Crippen LogP contribution in [-0.2, 0) is 0 Å². The predicted molar refractivity (Wildman–Crippen MR) is 85.4 cm³/mol. The summed E-state index contributed by atoms with van der Waals surface area (Å²) in [7, 11) is 1.93. The summed E-state index contributed by atoms with van der Waals surface area (Å²) in [5.41, 5.74) is 0.686. The van der Waals surface area contributed by atoms with Gasteiger partial charge in [-0.05, 0) is 64.5 Å². The topological polar surface area (TPSA) is 15.3 Å². The van der Waals surface area contributed by atoms with Gasteiger partial charge < -0.3 is 5.32 Å². The van der Waals surface area contributed by atoms with Crippen LogP contribution in [0.4, 0.5) is 4.39 Å². The first-order valence-electron chi connectivity index (χ1n) is 7.40. The van der Waals surface area contributed by atoms with E-state index in [-0.39, 0.29) is 17.4 Å². The monoisotopic (exact) mass is 342 g/mol. The zero-order chi connectivity index (χ0) is 14.8. The molecule has 0 spiro atoms. The molecule has 2 rings (SSSR count). The number of benzene rings is 1. The molecule has 0 aromatic heterocycles. The van der Waals surface area contributed by atoms with Gasteiger partial charge in [0, 0.05) is 15.6 Å².